The average molecular weight is 768 g/mol. The minimum atomic E-state index is -0.497. The lowest BCUT2D eigenvalue weighted by atomic mass is 9.89. The van der Waals surface area contributed by atoms with Crippen LogP contribution in [0.5, 0.6) is 0 Å². The van der Waals surface area contributed by atoms with Crippen LogP contribution in [0.15, 0.2) is 60.4 Å². The monoisotopic (exact) mass is 767 g/mol. The summed E-state index contributed by atoms with van der Waals surface area (Å²) in [5, 5.41) is 15.0. The lowest BCUT2D eigenvalue weighted by molar-refractivity contribution is -0.135. The van der Waals surface area contributed by atoms with Crippen molar-refractivity contribution in [3.05, 3.63) is 82.9 Å². The van der Waals surface area contributed by atoms with Crippen LogP contribution in [0, 0.1) is 5.82 Å². The van der Waals surface area contributed by atoms with E-state index >= 15 is 4.39 Å². The van der Waals surface area contributed by atoms with Crippen LogP contribution in [0.4, 0.5) is 15.2 Å². The number of carbonyl (C=O) groups excluding carboxylic acids is 5. The highest BCUT2D eigenvalue weighted by atomic mass is 32.1. The number of imide groups is 1. The molecule has 286 valence electrons. The molecule has 6 heterocycles. The summed E-state index contributed by atoms with van der Waals surface area (Å²) >= 11 is 1.28. The molecule has 55 heavy (non-hydrogen) atoms. The summed E-state index contributed by atoms with van der Waals surface area (Å²) in [5.41, 5.74) is 3.85. The SMILES string of the molecule is O=C1CC[C@H](Nc2ccc(C3CCN(CC(=O)N4CCC(n5cc(-c6cc(F)c7c(c6)C(=O)N(CC(=O)Nc6nccs6)C7)cn5)CC4)CC3)cc2)C(=O)N1. The molecule has 0 spiro atoms. The van der Waals surface area contributed by atoms with E-state index in [1.54, 1.807) is 23.8 Å². The molecule has 5 amide bonds. The van der Waals surface area contributed by atoms with Crippen molar-refractivity contribution in [3.63, 3.8) is 0 Å². The number of aromatic nitrogens is 3. The van der Waals surface area contributed by atoms with Gasteiger partial charge in [0.05, 0.1) is 25.3 Å². The van der Waals surface area contributed by atoms with Gasteiger partial charge in [0.25, 0.3) is 5.91 Å². The molecule has 16 heteroatoms. The van der Waals surface area contributed by atoms with Gasteiger partial charge in [-0.15, -0.1) is 11.3 Å². The molecule has 14 nitrogen and oxygen atoms in total. The van der Waals surface area contributed by atoms with Gasteiger partial charge < -0.3 is 20.4 Å². The van der Waals surface area contributed by atoms with Crippen molar-refractivity contribution in [3.8, 4) is 11.1 Å². The lowest BCUT2D eigenvalue weighted by Gasteiger charge is -2.36. The van der Waals surface area contributed by atoms with Crippen LogP contribution in [-0.2, 0) is 25.7 Å². The number of nitrogens with one attached hydrogen (secondary N) is 3. The highest BCUT2D eigenvalue weighted by Gasteiger charge is 2.33. The molecule has 2 aromatic heterocycles. The maximum atomic E-state index is 15.3. The van der Waals surface area contributed by atoms with Crippen LogP contribution in [0.2, 0.25) is 0 Å². The molecule has 4 aliphatic heterocycles. The van der Waals surface area contributed by atoms with Crippen molar-refractivity contribution < 1.29 is 28.4 Å². The predicted molar refractivity (Wildman–Crippen MR) is 203 cm³/mol. The maximum absolute atomic E-state index is 15.3. The molecule has 8 rings (SSSR count). The van der Waals surface area contributed by atoms with E-state index in [0.717, 1.165) is 44.5 Å². The van der Waals surface area contributed by atoms with Crippen molar-refractivity contribution in [2.75, 3.05) is 49.9 Å². The Hall–Kier alpha value is -5.48. The van der Waals surface area contributed by atoms with Gasteiger partial charge in [0, 0.05) is 59.7 Å². The van der Waals surface area contributed by atoms with Crippen LogP contribution in [-0.4, -0.2) is 104 Å². The summed E-state index contributed by atoms with van der Waals surface area (Å²) in [7, 11) is 0. The highest BCUT2D eigenvalue weighted by Crippen LogP contribution is 2.33. The standard InChI is InChI=1S/C39H42FN9O5S/c40-32-18-26(17-30-31(32)21-48(38(30)54)22-35(51)45-39-41-11-16-55-39)27-19-42-49(20-27)29-9-14-47(15-10-29)36(52)23-46-12-7-25(8-13-46)24-1-3-28(4-2-24)43-33-5-6-34(50)44-37(33)53/h1-4,11,16-20,25,29,33,43H,5-10,12-15,21-23H2,(H,41,45,51)(H,44,50,53)/t33-/m0/s1. The second-order valence-electron chi connectivity index (χ2n) is 14.7. The minimum absolute atomic E-state index is 0.0178. The Kier molecular flexibility index (Phi) is 10.4. The number of hydrogen-bond donors (Lipinski definition) is 3. The number of halogens is 1. The largest absolute Gasteiger partial charge is 0.374 e. The Bertz CT molecular complexity index is 2090. The summed E-state index contributed by atoms with van der Waals surface area (Å²) in [6.07, 6.45) is 9.36. The first-order chi connectivity index (χ1) is 26.7. The summed E-state index contributed by atoms with van der Waals surface area (Å²) < 4.78 is 17.2. The third kappa shape index (κ3) is 8.15. The van der Waals surface area contributed by atoms with Gasteiger partial charge in [0.1, 0.15) is 18.4 Å². The summed E-state index contributed by atoms with van der Waals surface area (Å²) in [6.45, 7) is 3.15. The lowest BCUT2D eigenvalue weighted by Crippen LogP contribution is -2.47. The van der Waals surface area contributed by atoms with E-state index in [4.69, 9.17) is 0 Å². The van der Waals surface area contributed by atoms with Crippen LogP contribution in [0.3, 0.4) is 0 Å². The molecule has 0 aliphatic carbocycles. The zero-order valence-electron chi connectivity index (χ0n) is 30.2. The first-order valence-corrected chi connectivity index (χ1v) is 19.6. The van der Waals surface area contributed by atoms with E-state index in [0.29, 0.717) is 54.7 Å². The van der Waals surface area contributed by atoms with Gasteiger partial charge >= 0.3 is 0 Å². The second kappa shape index (κ2) is 15.7. The number of benzene rings is 2. The van der Waals surface area contributed by atoms with Gasteiger partial charge in [0.2, 0.25) is 23.6 Å². The zero-order valence-corrected chi connectivity index (χ0v) is 31.0. The fraction of sp³-hybridized carbons (Fsp3) is 0.410. The number of anilines is 2. The summed E-state index contributed by atoms with van der Waals surface area (Å²) in [6, 6.07) is 10.9. The highest BCUT2D eigenvalue weighted by molar-refractivity contribution is 7.13. The zero-order chi connectivity index (χ0) is 38.1. The molecule has 3 N–H and O–H groups in total. The van der Waals surface area contributed by atoms with E-state index < -0.39 is 23.7 Å². The number of fused-ring (bicyclic) bond motifs is 1. The van der Waals surface area contributed by atoms with Crippen molar-refractivity contribution in [2.45, 2.75) is 63.1 Å². The van der Waals surface area contributed by atoms with Crippen LogP contribution in [0.1, 0.15) is 72.0 Å². The molecular formula is C39H42FN9O5S. The van der Waals surface area contributed by atoms with Gasteiger partial charge in [0.15, 0.2) is 5.13 Å². The normalized spacial score (nSPS) is 19.7. The number of piperidine rings is 3. The molecule has 0 unspecified atom stereocenters. The van der Waals surface area contributed by atoms with Crippen molar-refractivity contribution in [1.82, 2.24) is 34.8 Å². The Labute approximate surface area is 321 Å². The number of rotatable bonds is 10. The predicted octanol–water partition coefficient (Wildman–Crippen LogP) is 4.00. The molecule has 1 atom stereocenters. The van der Waals surface area contributed by atoms with Gasteiger partial charge in [-0.2, -0.15) is 5.10 Å². The first-order valence-electron chi connectivity index (χ1n) is 18.7. The topological polar surface area (TPSA) is 162 Å². The number of nitrogens with zero attached hydrogens (tertiary/aromatic N) is 6. The van der Waals surface area contributed by atoms with Crippen LogP contribution in [0.25, 0.3) is 11.1 Å². The van der Waals surface area contributed by atoms with Crippen molar-refractivity contribution >= 4 is 51.7 Å². The molecule has 4 aromatic rings. The molecular weight excluding hydrogens is 726 g/mol. The van der Waals surface area contributed by atoms with E-state index in [9.17, 15) is 24.0 Å². The third-order valence-electron chi connectivity index (χ3n) is 11.1. The Morgan fingerprint density at radius 3 is 2.45 bits per heavy atom. The van der Waals surface area contributed by atoms with Crippen molar-refractivity contribution in [2.24, 2.45) is 0 Å². The Morgan fingerprint density at radius 1 is 0.945 bits per heavy atom. The molecule has 2 aromatic carbocycles. The number of amides is 5. The fourth-order valence-electron chi connectivity index (χ4n) is 8.00. The van der Waals surface area contributed by atoms with Gasteiger partial charge in [-0.05, 0) is 86.5 Å². The fourth-order valence-corrected chi connectivity index (χ4v) is 8.54. The van der Waals surface area contributed by atoms with Crippen molar-refractivity contribution in [1.29, 1.82) is 0 Å². The van der Waals surface area contributed by atoms with Crippen LogP contribution < -0.4 is 16.0 Å². The molecule has 0 saturated carbocycles. The smallest absolute Gasteiger partial charge is 0.255 e. The third-order valence-corrected chi connectivity index (χ3v) is 11.8. The number of thiazole rings is 1. The quantitative estimate of drug-likeness (QED) is 0.203. The Balaban J connectivity index is 0.789. The molecule has 3 saturated heterocycles. The van der Waals surface area contributed by atoms with E-state index in [1.807, 2.05) is 27.9 Å². The Morgan fingerprint density at radius 2 is 1.73 bits per heavy atom. The number of carbonyl (C=O) groups is 5. The number of hydrogen-bond acceptors (Lipinski definition) is 10. The molecule has 0 bridgehead atoms. The van der Waals surface area contributed by atoms with E-state index in [-0.39, 0.29) is 48.0 Å². The first kappa shape index (κ1) is 36.5. The van der Waals surface area contributed by atoms with Gasteiger partial charge in [-0.25, -0.2) is 9.37 Å². The minimum Gasteiger partial charge on any atom is -0.374 e. The maximum Gasteiger partial charge on any atom is 0.255 e. The van der Waals surface area contributed by atoms with Gasteiger partial charge in [-0.1, -0.05) is 12.1 Å². The number of likely N-dealkylation sites (tertiary alicyclic amines) is 2. The van der Waals surface area contributed by atoms with E-state index in [2.05, 4.69) is 43.1 Å². The molecule has 4 aliphatic rings. The van der Waals surface area contributed by atoms with Crippen LogP contribution >= 0.6 is 11.3 Å². The average Bonchev–Trinajstić information content (AvgIpc) is 3.96. The van der Waals surface area contributed by atoms with Gasteiger partial charge in [-0.3, -0.25) is 38.9 Å². The molecule has 3 fully saturated rings. The van der Waals surface area contributed by atoms with E-state index in [1.165, 1.54) is 27.9 Å². The summed E-state index contributed by atoms with van der Waals surface area (Å²) in [5.74, 6) is -1.26. The summed E-state index contributed by atoms with van der Waals surface area (Å²) in [4.78, 5) is 72.0. The molecule has 0 radical (unpaired) electrons. The second-order valence-corrected chi connectivity index (χ2v) is 15.6.